The van der Waals surface area contributed by atoms with Crippen LogP contribution in [0.1, 0.15) is 37.4 Å². The van der Waals surface area contributed by atoms with Gasteiger partial charge in [0.05, 0.1) is 5.92 Å². The van der Waals surface area contributed by atoms with E-state index in [0.29, 0.717) is 0 Å². The first kappa shape index (κ1) is 13.6. The second kappa shape index (κ2) is 6.93. The Bertz CT molecular complexity index is 448. The molecule has 0 saturated heterocycles. The minimum absolute atomic E-state index is 0.00934. The summed E-state index contributed by atoms with van der Waals surface area (Å²) in [6.45, 7) is 3.76. The van der Waals surface area contributed by atoms with Crippen LogP contribution in [0, 0.1) is 5.92 Å². The van der Waals surface area contributed by atoms with Crippen LogP contribution >= 0.6 is 0 Å². The Morgan fingerprint density at radius 2 is 2.11 bits per heavy atom. The van der Waals surface area contributed by atoms with Gasteiger partial charge in [-0.1, -0.05) is 49.1 Å². The third-order valence-electron chi connectivity index (χ3n) is 3.43. The van der Waals surface area contributed by atoms with E-state index in [-0.39, 0.29) is 18.0 Å². The van der Waals surface area contributed by atoms with Gasteiger partial charge >= 0.3 is 5.97 Å². The molecule has 1 aliphatic carbocycles. The van der Waals surface area contributed by atoms with E-state index in [1.807, 2.05) is 30.3 Å². The van der Waals surface area contributed by atoms with Crippen molar-refractivity contribution in [2.24, 2.45) is 5.92 Å². The number of benzene rings is 1. The fraction of sp³-hybridized carbons (Fsp3) is 0.353. The summed E-state index contributed by atoms with van der Waals surface area (Å²) >= 11 is 0. The minimum atomic E-state index is -0.346. The maximum Gasteiger partial charge on any atom is 0.310 e. The molecule has 2 unspecified atom stereocenters. The zero-order chi connectivity index (χ0) is 13.5. The van der Waals surface area contributed by atoms with Gasteiger partial charge in [-0.3, -0.25) is 4.79 Å². The second-order valence-corrected chi connectivity index (χ2v) is 4.84. The fourth-order valence-electron chi connectivity index (χ4n) is 2.31. The summed E-state index contributed by atoms with van der Waals surface area (Å²) in [5, 5.41) is 0. The van der Waals surface area contributed by atoms with E-state index in [1.54, 1.807) is 6.08 Å². The first-order valence-electron chi connectivity index (χ1n) is 6.84. The third-order valence-corrected chi connectivity index (χ3v) is 3.43. The SMILES string of the molecule is C=CC(OC(=O)C1CC=CCCC1)c1ccccc1. The molecule has 0 fully saturated rings. The highest BCUT2D eigenvalue weighted by Gasteiger charge is 2.22. The predicted molar refractivity (Wildman–Crippen MR) is 76.6 cm³/mol. The van der Waals surface area contributed by atoms with Crippen molar-refractivity contribution in [1.82, 2.24) is 0 Å². The van der Waals surface area contributed by atoms with Gasteiger partial charge in [0.15, 0.2) is 0 Å². The van der Waals surface area contributed by atoms with Crippen LogP contribution in [0.5, 0.6) is 0 Å². The molecule has 0 saturated carbocycles. The van der Waals surface area contributed by atoms with Gasteiger partial charge in [0, 0.05) is 0 Å². The second-order valence-electron chi connectivity index (χ2n) is 4.84. The van der Waals surface area contributed by atoms with Crippen LogP contribution in [0.25, 0.3) is 0 Å². The lowest BCUT2D eigenvalue weighted by molar-refractivity contribution is -0.152. The van der Waals surface area contributed by atoms with Crippen LogP contribution in [0.4, 0.5) is 0 Å². The standard InChI is InChI=1S/C17H20O2/c1-2-16(14-10-8-5-9-11-14)19-17(18)15-12-6-3-4-7-13-15/h2-3,5-6,8-11,15-16H,1,4,7,12-13H2. The number of ether oxygens (including phenoxy) is 1. The summed E-state index contributed by atoms with van der Waals surface area (Å²) in [4.78, 5) is 12.2. The highest BCUT2D eigenvalue weighted by atomic mass is 16.5. The molecule has 0 aliphatic heterocycles. The van der Waals surface area contributed by atoms with Crippen molar-refractivity contribution >= 4 is 5.97 Å². The number of esters is 1. The number of allylic oxidation sites excluding steroid dienone is 2. The molecule has 1 aromatic carbocycles. The fourth-order valence-corrected chi connectivity index (χ4v) is 2.31. The van der Waals surface area contributed by atoms with Gasteiger partial charge in [-0.25, -0.2) is 0 Å². The number of carbonyl (C=O) groups excluding carboxylic acids is 1. The van der Waals surface area contributed by atoms with E-state index in [9.17, 15) is 4.79 Å². The molecule has 1 aromatic rings. The molecule has 1 aliphatic rings. The van der Waals surface area contributed by atoms with Crippen LogP contribution in [0.2, 0.25) is 0 Å². The lowest BCUT2D eigenvalue weighted by Gasteiger charge is -2.18. The van der Waals surface area contributed by atoms with E-state index >= 15 is 0 Å². The summed E-state index contributed by atoms with van der Waals surface area (Å²) in [7, 11) is 0. The van der Waals surface area contributed by atoms with E-state index in [4.69, 9.17) is 4.74 Å². The van der Waals surface area contributed by atoms with Crippen molar-refractivity contribution in [3.8, 4) is 0 Å². The maximum atomic E-state index is 12.2. The Labute approximate surface area is 114 Å². The summed E-state index contributed by atoms with van der Waals surface area (Å²) in [5.74, 6) is -0.120. The summed E-state index contributed by atoms with van der Waals surface area (Å²) in [6, 6.07) is 9.73. The lowest BCUT2D eigenvalue weighted by Crippen LogP contribution is -2.19. The zero-order valence-corrected chi connectivity index (χ0v) is 11.1. The van der Waals surface area contributed by atoms with Crippen molar-refractivity contribution in [3.05, 3.63) is 60.7 Å². The van der Waals surface area contributed by atoms with Crippen LogP contribution in [0.15, 0.2) is 55.1 Å². The molecule has 0 aromatic heterocycles. The zero-order valence-electron chi connectivity index (χ0n) is 11.1. The molecule has 2 rings (SSSR count). The number of carbonyl (C=O) groups is 1. The van der Waals surface area contributed by atoms with Crippen LogP contribution in [-0.4, -0.2) is 5.97 Å². The molecule has 0 N–H and O–H groups in total. The molecule has 0 spiro atoms. The van der Waals surface area contributed by atoms with Gasteiger partial charge in [0.1, 0.15) is 6.10 Å². The van der Waals surface area contributed by atoms with Crippen LogP contribution < -0.4 is 0 Å². The topological polar surface area (TPSA) is 26.3 Å². The van der Waals surface area contributed by atoms with Crippen LogP contribution in [-0.2, 0) is 9.53 Å². The Morgan fingerprint density at radius 3 is 2.84 bits per heavy atom. The highest BCUT2D eigenvalue weighted by Crippen LogP contribution is 2.24. The Balaban J connectivity index is 2.00. The molecule has 0 radical (unpaired) electrons. The van der Waals surface area contributed by atoms with Crippen molar-refractivity contribution in [2.75, 3.05) is 0 Å². The first-order valence-corrected chi connectivity index (χ1v) is 6.84. The minimum Gasteiger partial charge on any atom is -0.453 e. The number of hydrogen-bond acceptors (Lipinski definition) is 2. The van der Waals surface area contributed by atoms with Crippen molar-refractivity contribution in [2.45, 2.75) is 31.8 Å². The molecule has 100 valence electrons. The van der Waals surface area contributed by atoms with E-state index in [1.165, 1.54) is 0 Å². The smallest absolute Gasteiger partial charge is 0.310 e. The summed E-state index contributed by atoms with van der Waals surface area (Å²) in [6.07, 6.45) is 9.39. The molecular weight excluding hydrogens is 236 g/mol. The largest absolute Gasteiger partial charge is 0.453 e. The quantitative estimate of drug-likeness (QED) is 0.596. The van der Waals surface area contributed by atoms with Gasteiger partial charge < -0.3 is 4.74 Å². The lowest BCUT2D eigenvalue weighted by atomic mass is 10.0. The average molecular weight is 256 g/mol. The van der Waals surface area contributed by atoms with Crippen molar-refractivity contribution < 1.29 is 9.53 Å². The van der Waals surface area contributed by atoms with Gasteiger partial charge in [0.2, 0.25) is 0 Å². The molecule has 0 amide bonds. The Morgan fingerprint density at radius 1 is 1.32 bits per heavy atom. The number of rotatable bonds is 4. The third kappa shape index (κ3) is 3.82. The molecule has 19 heavy (non-hydrogen) atoms. The van der Waals surface area contributed by atoms with E-state index in [2.05, 4.69) is 18.7 Å². The maximum absolute atomic E-state index is 12.2. The Kier molecular flexibility index (Phi) is 4.96. The van der Waals surface area contributed by atoms with Gasteiger partial charge in [-0.05, 0) is 37.3 Å². The van der Waals surface area contributed by atoms with E-state index < -0.39 is 0 Å². The molecular formula is C17H20O2. The summed E-state index contributed by atoms with van der Waals surface area (Å²) in [5.41, 5.74) is 0.968. The van der Waals surface area contributed by atoms with Gasteiger partial charge in [-0.2, -0.15) is 0 Å². The first-order chi connectivity index (χ1) is 9.31. The molecule has 2 atom stereocenters. The Hall–Kier alpha value is -1.83. The van der Waals surface area contributed by atoms with Gasteiger partial charge in [-0.15, -0.1) is 0 Å². The molecule has 2 heteroatoms. The van der Waals surface area contributed by atoms with Crippen molar-refractivity contribution in [1.29, 1.82) is 0 Å². The number of hydrogen-bond donors (Lipinski definition) is 0. The highest BCUT2D eigenvalue weighted by molar-refractivity contribution is 5.73. The van der Waals surface area contributed by atoms with E-state index in [0.717, 1.165) is 31.2 Å². The van der Waals surface area contributed by atoms with Crippen molar-refractivity contribution in [3.63, 3.8) is 0 Å². The molecule has 2 nitrogen and oxygen atoms in total. The predicted octanol–water partition coefficient (Wildman–Crippen LogP) is 4.20. The van der Waals surface area contributed by atoms with Crippen LogP contribution in [0.3, 0.4) is 0 Å². The van der Waals surface area contributed by atoms with Gasteiger partial charge in [0.25, 0.3) is 0 Å². The summed E-state index contributed by atoms with van der Waals surface area (Å²) < 4.78 is 5.59. The molecule has 0 bridgehead atoms. The average Bonchev–Trinajstić information content (AvgIpc) is 2.74. The normalized spacial score (nSPS) is 20.3. The molecule has 0 heterocycles. The monoisotopic (exact) mass is 256 g/mol.